The van der Waals surface area contributed by atoms with Crippen molar-refractivity contribution >= 4 is 30.2 Å². The van der Waals surface area contributed by atoms with Gasteiger partial charge in [0.2, 0.25) is 11.8 Å². The second-order valence-electron chi connectivity index (χ2n) is 9.71. The zero-order valence-corrected chi connectivity index (χ0v) is 22.8. The van der Waals surface area contributed by atoms with Crippen molar-refractivity contribution < 1.29 is 50.8 Å². The molecular formula is C26H32BF6N5O5. The Hall–Kier alpha value is -3.51. The van der Waals surface area contributed by atoms with Crippen LogP contribution in [0.2, 0.25) is 0 Å². The number of nitrogens with one attached hydrogen (secondary N) is 1. The molecular weight excluding hydrogens is 587 g/mol. The molecule has 2 rings (SSSR count). The lowest BCUT2D eigenvalue weighted by Crippen LogP contribution is -2.51. The molecule has 0 aliphatic rings. The molecule has 2 atom stereocenters. The second kappa shape index (κ2) is 15.3. The molecule has 0 saturated heterocycles. The molecule has 236 valence electrons. The summed E-state index contributed by atoms with van der Waals surface area (Å²) in [6.07, 6.45) is -11.1. The van der Waals surface area contributed by atoms with Gasteiger partial charge in [0, 0.05) is 32.6 Å². The van der Waals surface area contributed by atoms with Crippen molar-refractivity contribution in [3.05, 3.63) is 64.7 Å². The van der Waals surface area contributed by atoms with Crippen molar-refractivity contribution in [2.24, 2.45) is 17.2 Å². The van der Waals surface area contributed by atoms with Crippen LogP contribution in [-0.2, 0) is 39.6 Å². The van der Waals surface area contributed by atoms with E-state index in [-0.39, 0.29) is 43.7 Å². The number of nitrogens with zero attached hydrogens (tertiary/aromatic N) is 1. The highest BCUT2D eigenvalue weighted by Gasteiger charge is 2.34. The van der Waals surface area contributed by atoms with Crippen molar-refractivity contribution in [2.45, 2.75) is 43.7 Å². The number of halogens is 6. The number of carbonyl (C=O) groups is 3. The fraction of sp³-hybridized carbons (Fsp3) is 0.423. The van der Waals surface area contributed by atoms with E-state index in [1.54, 1.807) is 0 Å². The van der Waals surface area contributed by atoms with Crippen LogP contribution in [0.5, 0.6) is 0 Å². The van der Waals surface area contributed by atoms with Crippen LogP contribution in [0, 0.1) is 0 Å². The minimum absolute atomic E-state index is 0.113. The molecule has 43 heavy (non-hydrogen) atoms. The number of rotatable bonds is 14. The van der Waals surface area contributed by atoms with Gasteiger partial charge in [-0.2, -0.15) is 26.3 Å². The maximum absolute atomic E-state index is 13.4. The van der Waals surface area contributed by atoms with E-state index in [1.807, 2.05) is 0 Å². The molecule has 10 nitrogen and oxygen atoms in total. The first-order chi connectivity index (χ1) is 20.0. The number of nitrogens with two attached hydrogens (primary N) is 3. The van der Waals surface area contributed by atoms with E-state index in [2.05, 4.69) is 5.32 Å². The molecule has 17 heteroatoms. The van der Waals surface area contributed by atoms with Gasteiger partial charge in [-0.05, 0) is 41.2 Å². The summed E-state index contributed by atoms with van der Waals surface area (Å²) in [6.45, 7) is 0.505. The quantitative estimate of drug-likeness (QED) is 0.123. The highest BCUT2D eigenvalue weighted by Crippen LogP contribution is 2.30. The Kier molecular flexibility index (Phi) is 12.7. The molecule has 2 aromatic rings. The van der Waals surface area contributed by atoms with Crippen LogP contribution in [-0.4, -0.2) is 77.9 Å². The molecule has 0 bridgehead atoms. The highest BCUT2D eigenvalue weighted by atomic mass is 19.4. The van der Waals surface area contributed by atoms with E-state index in [0.717, 1.165) is 30.3 Å². The van der Waals surface area contributed by atoms with Crippen LogP contribution in [0.15, 0.2) is 42.5 Å². The standard InChI is InChI=1S/C26H32BF6N5O5/c28-25(29,30)17-3-1-15(2-4-17)11-21(37-24(41)20(36)14-23(40)38(7-5-34)8-6-35)22(39)12-16-9-18(26(31,32)33)13-19(10-16)27(42)43/h1-4,9-10,13,20-21,42-43H,5-8,11-12,14,34-36H2,(H,37,41)/t20-,21-/m0/s1. The Bertz CT molecular complexity index is 1250. The average molecular weight is 619 g/mol. The monoisotopic (exact) mass is 619 g/mol. The van der Waals surface area contributed by atoms with Gasteiger partial charge in [-0.1, -0.05) is 24.3 Å². The molecule has 0 aliphatic carbocycles. The summed E-state index contributed by atoms with van der Waals surface area (Å²) in [5.41, 5.74) is 14.0. The minimum Gasteiger partial charge on any atom is -0.423 e. The van der Waals surface area contributed by atoms with Crippen molar-refractivity contribution in [2.75, 3.05) is 26.2 Å². The van der Waals surface area contributed by atoms with Gasteiger partial charge in [-0.25, -0.2) is 0 Å². The molecule has 0 fully saturated rings. The summed E-state index contributed by atoms with van der Waals surface area (Å²) in [4.78, 5) is 40.1. The van der Waals surface area contributed by atoms with Crippen LogP contribution >= 0.6 is 0 Å². The largest absolute Gasteiger partial charge is 0.488 e. The SMILES string of the molecule is NCCN(CCN)C(=O)C[C@H](N)C(=O)N[C@@H](Cc1ccc(C(F)(F)F)cc1)C(=O)Cc1cc(B(O)O)cc(C(F)(F)F)c1. The molecule has 2 aromatic carbocycles. The van der Waals surface area contributed by atoms with Crippen LogP contribution in [0.25, 0.3) is 0 Å². The average Bonchev–Trinajstić information content (AvgIpc) is 2.91. The Morgan fingerprint density at radius 3 is 1.91 bits per heavy atom. The van der Waals surface area contributed by atoms with E-state index in [0.29, 0.717) is 12.1 Å². The Morgan fingerprint density at radius 1 is 0.860 bits per heavy atom. The Balaban J connectivity index is 2.34. The minimum atomic E-state index is -4.89. The zero-order chi connectivity index (χ0) is 32.5. The van der Waals surface area contributed by atoms with Crippen LogP contribution in [0.3, 0.4) is 0 Å². The molecule has 0 spiro atoms. The van der Waals surface area contributed by atoms with Crippen molar-refractivity contribution in [3.63, 3.8) is 0 Å². The van der Waals surface area contributed by atoms with E-state index >= 15 is 0 Å². The predicted octanol–water partition coefficient (Wildman–Crippen LogP) is -0.293. The number of benzene rings is 2. The van der Waals surface area contributed by atoms with E-state index in [1.165, 1.54) is 4.90 Å². The smallest absolute Gasteiger partial charge is 0.423 e. The third-order valence-electron chi connectivity index (χ3n) is 6.33. The summed E-state index contributed by atoms with van der Waals surface area (Å²) in [5.74, 6) is -2.39. The van der Waals surface area contributed by atoms with E-state index in [9.17, 15) is 50.8 Å². The third kappa shape index (κ3) is 10.9. The summed E-state index contributed by atoms with van der Waals surface area (Å²) in [5, 5.41) is 21.2. The van der Waals surface area contributed by atoms with Gasteiger partial charge < -0.3 is 37.5 Å². The first-order valence-electron chi connectivity index (χ1n) is 13.0. The maximum atomic E-state index is 13.4. The van der Waals surface area contributed by atoms with E-state index in [4.69, 9.17) is 17.2 Å². The number of hydrogen-bond donors (Lipinski definition) is 6. The molecule has 0 aromatic heterocycles. The van der Waals surface area contributed by atoms with Crippen LogP contribution in [0.1, 0.15) is 28.7 Å². The van der Waals surface area contributed by atoms with Crippen LogP contribution < -0.4 is 28.0 Å². The van der Waals surface area contributed by atoms with E-state index < -0.39 is 78.6 Å². The van der Waals surface area contributed by atoms with Gasteiger partial charge in [0.25, 0.3) is 0 Å². The van der Waals surface area contributed by atoms with Gasteiger partial charge in [0.15, 0.2) is 5.78 Å². The third-order valence-corrected chi connectivity index (χ3v) is 6.33. The number of carbonyl (C=O) groups excluding carboxylic acids is 3. The fourth-order valence-electron chi connectivity index (χ4n) is 4.13. The highest BCUT2D eigenvalue weighted by molar-refractivity contribution is 6.58. The van der Waals surface area contributed by atoms with Gasteiger partial charge >= 0.3 is 19.5 Å². The molecule has 0 radical (unpaired) electrons. The van der Waals surface area contributed by atoms with Gasteiger partial charge in [0.05, 0.1) is 29.6 Å². The van der Waals surface area contributed by atoms with Gasteiger partial charge in [-0.15, -0.1) is 0 Å². The van der Waals surface area contributed by atoms with Crippen LogP contribution in [0.4, 0.5) is 26.3 Å². The first kappa shape index (κ1) is 35.7. The summed E-state index contributed by atoms with van der Waals surface area (Å²) < 4.78 is 79.1. The molecule has 0 heterocycles. The first-order valence-corrected chi connectivity index (χ1v) is 13.0. The van der Waals surface area contributed by atoms with Crippen molar-refractivity contribution in [1.29, 1.82) is 0 Å². The second-order valence-corrected chi connectivity index (χ2v) is 9.71. The number of Topliss-reactive ketones (excluding diaryl/α,β-unsaturated/α-hetero) is 1. The molecule has 0 unspecified atom stereocenters. The predicted molar refractivity (Wildman–Crippen MR) is 144 cm³/mol. The number of ketones is 1. The maximum Gasteiger partial charge on any atom is 0.488 e. The summed E-state index contributed by atoms with van der Waals surface area (Å²) in [7, 11) is -2.28. The summed E-state index contributed by atoms with van der Waals surface area (Å²) >= 11 is 0. The number of alkyl halides is 6. The van der Waals surface area contributed by atoms with Gasteiger partial charge in [-0.3, -0.25) is 14.4 Å². The lowest BCUT2D eigenvalue weighted by atomic mass is 9.78. The summed E-state index contributed by atoms with van der Waals surface area (Å²) in [6, 6.07) is 2.76. The lowest BCUT2D eigenvalue weighted by molar-refractivity contribution is -0.138. The molecule has 0 aliphatic heterocycles. The number of hydrogen-bond acceptors (Lipinski definition) is 8. The molecule has 2 amide bonds. The Labute approximate surface area is 243 Å². The number of amides is 2. The normalized spacial score (nSPS) is 13.3. The van der Waals surface area contributed by atoms with Crippen molar-refractivity contribution in [3.8, 4) is 0 Å². The van der Waals surface area contributed by atoms with Crippen molar-refractivity contribution in [1.82, 2.24) is 10.2 Å². The molecule has 9 N–H and O–H groups in total. The zero-order valence-electron chi connectivity index (χ0n) is 22.8. The topological polar surface area (TPSA) is 185 Å². The van der Waals surface area contributed by atoms with Gasteiger partial charge in [0.1, 0.15) is 0 Å². The lowest BCUT2D eigenvalue weighted by Gasteiger charge is -2.24. The molecule has 0 saturated carbocycles. The Morgan fingerprint density at radius 2 is 1.42 bits per heavy atom. The fourth-order valence-corrected chi connectivity index (χ4v) is 4.13.